The van der Waals surface area contributed by atoms with Crippen LogP contribution in [0, 0.1) is 5.92 Å². The standard InChI is InChI=1S/C9H11ClN4OS/c1-16-9-12-5-11-8(13-9)14-4-6(3-10)2-7(14)15/h5-6H,2-4H2,1H3. The van der Waals surface area contributed by atoms with Crippen molar-refractivity contribution in [3.63, 3.8) is 0 Å². The van der Waals surface area contributed by atoms with Crippen molar-refractivity contribution in [2.75, 3.05) is 23.6 Å². The van der Waals surface area contributed by atoms with Gasteiger partial charge >= 0.3 is 0 Å². The lowest BCUT2D eigenvalue weighted by atomic mass is 10.2. The van der Waals surface area contributed by atoms with Gasteiger partial charge in [0.2, 0.25) is 11.9 Å². The maximum absolute atomic E-state index is 11.7. The Hall–Kier alpha value is -0.880. The highest BCUT2D eigenvalue weighted by molar-refractivity contribution is 7.98. The molecule has 0 bridgehead atoms. The summed E-state index contributed by atoms with van der Waals surface area (Å²) in [5, 5.41) is 0.618. The molecule has 0 aromatic carbocycles. The van der Waals surface area contributed by atoms with Gasteiger partial charge in [-0.2, -0.15) is 4.98 Å². The van der Waals surface area contributed by atoms with E-state index in [1.54, 1.807) is 4.90 Å². The van der Waals surface area contributed by atoms with Crippen LogP contribution in [0.3, 0.4) is 0 Å². The first-order valence-corrected chi connectivity index (χ1v) is 6.60. The van der Waals surface area contributed by atoms with Crippen molar-refractivity contribution in [2.45, 2.75) is 11.6 Å². The fraction of sp³-hybridized carbons (Fsp3) is 0.556. The molecule has 1 aliphatic rings. The van der Waals surface area contributed by atoms with Crippen molar-refractivity contribution in [3.05, 3.63) is 6.33 Å². The molecule has 0 aliphatic carbocycles. The molecule has 1 aromatic heterocycles. The number of hydrogen-bond acceptors (Lipinski definition) is 5. The number of carbonyl (C=O) groups is 1. The van der Waals surface area contributed by atoms with Crippen molar-refractivity contribution in [1.82, 2.24) is 15.0 Å². The highest BCUT2D eigenvalue weighted by Gasteiger charge is 2.31. The maximum Gasteiger partial charge on any atom is 0.236 e. The first-order chi connectivity index (χ1) is 7.74. The molecule has 0 N–H and O–H groups in total. The summed E-state index contributed by atoms with van der Waals surface area (Å²) in [6.45, 7) is 0.597. The smallest absolute Gasteiger partial charge is 0.236 e. The molecule has 86 valence electrons. The number of rotatable bonds is 3. The van der Waals surface area contributed by atoms with Crippen LogP contribution >= 0.6 is 23.4 Å². The molecule has 0 radical (unpaired) electrons. The van der Waals surface area contributed by atoms with Gasteiger partial charge in [-0.1, -0.05) is 11.8 Å². The average molecular weight is 259 g/mol. The molecule has 1 aliphatic heterocycles. The van der Waals surface area contributed by atoms with Crippen molar-refractivity contribution in [1.29, 1.82) is 0 Å². The van der Waals surface area contributed by atoms with Crippen LogP contribution in [0.4, 0.5) is 5.95 Å². The fourth-order valence-corrected chi connectivity index (χ4v) is 2.11. The second-order valence-corrected chi connectivity index (χ2v) is 4.58. The second kappa shape index (κ2) is 4.97. The zero-order chi connectivity index (χ0) is 11.5. The Balaban J connectivity index is 2.20. The number of amides is 1. The second-order valence-electron chi connectivity index (χ2n) is 3.50. The number of hydrogen-bond donors (Lipinski definition) is 0. The molecule has 1 aromatic rings. The molecule has 0 saturated carbocycles. The highest BCUT2D eigenvalue weighted by atomic mass is 35.5. The molecular weight excluding hydrogens is 248 g/mol. The Morgan fingerprint density at radius 3 is 3.06 bits per heavy atom. The van der Waals surface area contributed by atoms with E-state index in [2.05, 4.69) is 15.0 Å². The molecule has 0 spiro atoms. The lowest BCUT2D eigenvalue weighted by molar-refractivity contribution is -0.117. The van der Waals surface area contributed by atoms with E-state index in [1.165, 1.54) is 18.1 Å². The Morgan fingerprint density at radius 1 is 1.62 bits per heavy atom. The topological polar surface area (TPSA) is 59.0 Å². The van der Waals surface area contributed by atoms with E-state index in [-0.39, 0.29) is 11.8 Å². The quantitative estimate of drug-likeness (QED) is 0.602. The highest BCUT2D eigenvalue weighted by Crippen LogP contribution is 2.23. The molecule has 1 atom stereocenters. The summed E-state index contributed by atoms with van der Waals surface area (Å²) in [4.78, 5) is 25.5. The van der Waals surface area contributed by atoms with Crippen LogP contribution in [0.15, 0.2) is 11.5 Å². The third-order valence-corrected chi connectivity index (χ3v) is 3.38. The van der Waals surface area contributed by atoms with Gasteiger partial charge in [-0.25, -0.2) is 9.97 Å². The zero-order valence-electron chi connectivity index (χ0n) is 8.76. The molecule has 1 amide bonds. The van der Waals surface area contributed by atoms with Gasteiger partial charge in [-0.05, 0) is 12.2 Å². The van der Waals surface area contributed by atoms with Crippen LogP contribution in [-0.4, -0.2) is 39.5 Å². The van der Waals surface area contributed by atoms with Crippen molar-refractivity contribution < 1.29 is 4.79 Å². The molecule has 2 rings (SSSR count). The zero-order valence-corrected chi connectivity index (χ0v) is 10.3. The molecule has 16 heavy (non-hydrogen) atoms. The number of halogens is 1. The van der Waals surface area contributed by atoms with Crippen LogP contribution in [0.1, 0.15) is 6.42 Å². The Morgan fingerprint density at radius 2 is 2.44 bits per heavy atom. The van der Waals surface area contributed by atoms with Gasteiger partial charge in [-0.15, -0.1) is 11.6 Å². The van der Waals surface area contributed by atoms with Crippen LogP contribution < -0.4 is 4.90 Å². The Bertz CT molecular complexity index is 403. The summed E-state index contributed by atoms with van der Waals surface area (Å²) >= 11 is 7.17. The lowest BCUT2D eigenvalue weighted by Crippen LogP contribution is -2.27. The van der Waals surface area contributed by atoms with Gasteiger partial charge < -0.3 is 0 Å². The lowest BCUT2D eigenvalue weighted by Gasteiger charge is -2.13. The number of nitrogens with zero attached hydrogens (tertiary/aromatic N) is 4. The van der Waals surface area contributed by atoms with Crippen LogP contribution in [-0.2, 0) is 4.79 Å². The van der Waals surface area contributed by atoms with E-state index in [4.69, 9.17) is 11.6 Å². The van der Waals surface area contributed by atoms with E-state index in [9.17, 15) is 4.79 Å². The van der Waals surface area contributed by atoms with Crippen LogP contribution in [0.5, 0.6) is 0 Å². The normalized spacial score (nSPS) is 20.5. The van der Waals surface area contributed by atoms with Gasteiger partial charge in [0.05, 0.1) is 0 Å². The van der Waals surface area contributed by atoms with Gasteiger partial charge in [-0.3, -0.25) is 9.69 Å². The van der Waals surface area contributed by atoms with Crippen LogP contribution in [0.25, 0.3) is 0 Å². The van der Waals surface area contributed by atoms with Gasteiger partial charge in [0.15, 0.2) is 5.16 Å². The largest absolute Gasteiger partial charge is 0.280 e. The third kappa shape index (κ3) is 2.27. The first-order valence-electron chi connectivity index (χ1n) is 4.84. The molecule has 2 heterocycles. The van der Waals surface area contributed by atoms with Gasteiger partial charge in [0, 0.05) is 18.8 Å². The minimum atomic E-state index is 0.0314. The Kier molecular flexibility index (Phi) is 3.60. The Labute approximate surface area is 103 Å². The number of anilines is 1. The van der Waals surface area contributed by atoms with E-state index in [1.807, 2.05) is 6.26 Å². The van der Waals surface area contributed by atoms with E-state index in [0.29, 0.717) is 30.0 Å². The van der Waals surface area contributed by atoms with Crippen molar-refractivity contribution in [3.8, 4) is 0 Å². The van der Waals surface area contributed by atoms with Crippen molar-refractivity contribution >= 4 is 35.2 Å². The summed E-state index contributed by atoms with van der Waals surface area (Å²) in [5.41, 5.74) is 0. The van der Waals surface area contributed by atoms with Crippen LogP contribution in [0.2, 0.25) is 0 Å². The monoisotopic (exact) mass is 258 g/mol. The molecule has 7 heteroatoms. The average Bonchev–Trinajstić information content (AvgIpc) is 2.71. The number of aromatic nitrogens is 3. The summed E-state index contributed by atoms with van der Waals surface area (Å²) in [6.07, 6.45) is 3.78. The third-order valence-electron chi connectivity index (χ3n) is 2.38. The van der Waals surface area contributed by atoms with E-state index < -0.39 is 0 Å². The van der Waals surface area contributed by atoms with Gasteiger partial charge in [0.1, 0.15) is 6.33 Å². The molecule has 1 fully saturated rings. The van der Waals surface area contributed by atoms with E-state index >= 15 is 0 Å². The van der Waals surface area contributed by atoms with Crippen molar-refractivity contribution in [2.24, 2.45) is 5.92 Å². The summed E-state index contributed by atoms with van der Waals surface area (Å²) in [7, 11) is 0. The fourth-order valence-electron chi connectivity index (χ4n) is 1.58. The van der Waals surface area contributed by atoms with E-state index in [0.717, 1.165) is 0 Å². The maximum atomic E-state index is 11.7. The minimum Gasteiger partial charge on any atom is -0.280 e. The minimum absolute atomic E-state index is 0.0314. The predicted molar refractivity (Wildman–Crippen MR) is 62.8 cm³/mol. The predicted octanol–water partition coefficient (Wildman–Crippen LogP) is 1.19. The first kappa shape index (κ1) is 11.6. The molecule has 5 nitrogen and oxygen atoms in total. The SMILES string of the molecule is CSc1ncnc(N2CC(CCl)CC2=O)n1. The van der Waals surface area contributed by atoms with Gasteiger partial charge in [0.25, 0.3) is 0 Å². The summed E-state index contributed by atoms with van der Waals surface area (Å²) < 4.78 is 0. The molecule has 1 unspecified atom stereocenters. The molecule has 1 saturated heterocycles. The number of carbonyl (C=O) groups excluding carboxylic acids is 1. The molecular formula is C9H11ClN4OS. The number of thioether (sulfide) groups is 1. The summed E-state index contributed by atoms with van der Waals surface area (Å²) in [6, 6.07) is 0. The summed E-state index contributed by atoms with van der Waals surface area (Å²) in [5.74, 6) is 1.15. The number of alkyl halides is 1.